The Labute approximate surface area is 194 Å². The predicted octanol–water partition coefficient (Wildman–Crippen LogP) is 4.81. The molecule has 0 saturated carbocycles. The van der Waals surface area contributed by atoms with Crippen LogP contribution in [0, 0.1) is 6.92 Å². The molecule has 0 aliphatic carbocycles. The van der Waals surface area contributed by atoms with E-state index in [-0.39, 0.29) is 9.92 Å². The second-order valence-corrected chi connectivity index (χ2v) is 9.99. The highest BCUT2D eigenvalue weighted by atomic mass is 32.2. The number of aromatic nitrogens is 1. The standard InChI is InChI=1S/C26H25N3O3S/c1-20-9-8-14-23(19-20)33(30,31)25-26(32-24(27-25)21-10-4-2-5-11-21)29-17-15-28(16-18-29)22-12-6-3-7-13-22/h2-14,19H,15-18H2,1H3. The van der Waals surface area contributed by atoms with Gasteiger partial charge in [0.05, 0.1) is 4.90 Å². The van der Waals surface area contributed by atoms with Gasteiger partial charge in [-0.3, -0.25) is 0 Å². The first-order valence-corrected chi connectivity index (χ1v) is 12.4. The van der Waals surface area contributed by atoms with Gasteiger partial charge in [-0.2, -0.15) is 4.98 Å². The van der Waals surface area contributed by atoms with E-state index in [2.05, 4.69) is 22.0 Å². The number of hydrogen-bond donors (Lipinski definition) is 0. The number of benzene rings is 3. The fourth-order valence-corrected chi connectivity index (χ4v) is 5.50. The van der Waals surface area contributed by atoms with Crippen LogP contribution >= 0.6 is 0 Å². The summed E-state index contributed by atoms with van der Waals surface area (Å²) in [6, 6.07) is 26.5. The first kappa shape index (κ1) is 21.3. The smallest absolute Gasteiger partial charge is 0.236 e. The molecular weight excluding hydrogens is 434 g/mol. The van der Waals surface area contributed by atoms with Gasteiger partial charge in [0.25, 0.3) is 0 Å². The molecule has 1 aliphatic rings. The molecule has 0 N–H and O–H groups in total. The molecule has 4 aromatic rings. The molecule has 0 atom stereocenters. The average Bonchev–Trinajstić information content (AvgIpc) is 3.32. The SMILES string of the molecule is Cc1cccc(S(=O)(=O)c2nc(-c3ccccc3)oc2N2CCN(c3ccccc3)CC2)c1. The molecule has 1 aliphatic heterocycles. The largest absolute Gasteiger partial charge is 0.419 e. The average molecular weight is 460 g/mol. The molecule has 33 heavy (non-hydrogen) atoms. The lowest BCUT2D eigenvalue weighted by atomic mass is 10.2. The van der Waals surface area contributed by atoms with Crippen molar-refractivity contribution in [1.82, 2.24) is 4.98 Å². The van der Waals surface area contributed by atoms with Crippen molar-refractivity contribution in [2.75, 3.05) is 36.0 Å². The lowest BCUT2D eigenvalue weighted by Gasteiger charge is -2.36. The minimum Gasteiger partial charge on any atom is -0.419 e. The number of para-hydroxylation sites is 1. The Kier molecular flexibility index (Phi) is 5.64. The second-order valence-electron chi connectivity index (χ2n) is 8.12. The molecule has 0 amide bonds. The van der Waals surface area contributed by atoms with E-state index in [0.29, 0.717) is 24.9 Å². The van der Waals surface area contributed by atoms with Gasteiger partial charge in [0, 0.05) is 37.4 Å². The summed E-state index contributed by atoms with van der Waals surface area (Å²) >= 11 is 0. The number of rotatable bonds is 5. The number of sulfone groups is 1. The van der Waals surface area contributed by atoms with Gasteiger partial charge >= 0.3 is 0 Å². The third-order valence-electron chi connectivity index (χ3n) is 5.84. The van der Waals surface area contributed by atoms with Crippen molar-refractivity contribution in [3.05, 3.63) is 90.5 Å². The van der Waals surface area contributed by atoms with Crippen molar-refractivity contribution >= 4 is 21.4 Å². The van der Waals surface area contributed by atoms with Crippen LogP contribution in [0.3, 0.4) is 0 Å². The van der Waals surface area contributed by atoms with Crippen molar-refractivity contribution in [2.45, 2.75) is 16.8 Å². The third-order valence-corrected chi connectivity index (χ3v) is 7.49. The van der Waals surface area contributed by atoms with E-state index in [1.807, 2.05) is 66.4 Å². The number of nitrogens with zero attached hydrogens (tertiary/aromatic N) is 3. The van der Waals surface area contributed by atoms with Crippen molar-refractivity contribution in [3.63, 3.8) is 0 Å². The van der Waals surface area contributed by atoms with E-state index in [4.69, 9.17) is 4.42 Å². The Hall–Kier alpha value is -3.58. The van der Waals surface area contributed by atoms with Crippen LogP contribution in [-0.2, 0) is 9.84 Å². The van der Waals surface area contributed by atoms with E-state index in [1.165, 1.54) is 0 Å². The number of hydrogen-bond acceptors (Lipinski definition) is 6. The molecule has 1 fully saturated rings. The van der Waals surface area contributed by atoms with Gasteiger partial charge in [-0.05, 0) is 48.9 Å². The number of anilines is 2. The zero-order valence-electron chi connectivity index (χ0n) is 18.4. The fourth-order valence-electron chi connectivity index (χ4n) is 4.08. The van der Waals surface area contributed by atoms with Crippen molar-refractivity contribution < 1.29 is 12.8 Å². The highest BCUT2D eigenvalue weighted by Crippen LogP contribution is 2.35. The minimum absolute atomic E-state index is 0.0277. The Balaban J connectivity index is 1.52. The lowest BCUT2D eigenvalue weighted by molar-refractivity contribution is 0.525. The first-order chi connectivity index (χ1) is 16.0. The normalized spacial score (nSPS) is 14.5. The van der Waals surface area contributed by atoms with Crippen LogP contribution in [0.5, 0.6) is 0 Å². The molecule has 7 heteroatoms. The maximum atomic E-state index is 13.6. The molecule has 3 aromatic carbocycles. The molecule has 6 nitrogen and oxygen atoms in total. The van der Waals surface area contributed by atoms with Crippen LogP contribution in [0.1, 0.15) is 5.56 Å². The summed E-state index contributed by atoms with van der Waals surface area (Å²) in [5.74, 6) is 0.616. The summed E-state index contributed by atoms with van der Waals surface area (Å²) in [5, 5.41) is -0.0277. The Morgan fingerprint density at radius 1 is 0.788 bits per heavy atom. The van der Waals surface area contributed by atoms with Crippen LogP contribution in [0.2, 0.25) is 0 Å². The maximum Gasteiger partial charge on any atom is 0.236 e. The zero-order valence-corrected chi connectivity index (χ0v) is 19.2. The molecular formula is C26H25N3O3S. The lowest BCUT2D eigenvalue weighted by Crippen LogP contribution is -2.46. The van der Waals surface area contributed by atoms with Crippen LogP contribution in [0.4, 0.5) is 11.6 Å². The van der Waals surface area contributed by atoms with Crippen LogP contribution in [-0.4, -0.2) is 39.6 Å². The molecule has 168 valence electrons. The number of piperazine rings is 1. The molecule has 1 aromatic heterocycles. The third kappa shape index (κ3) is 4.24. The molecule has 5 rings (SSSR count). The Bertz CT molecular complexity index is 1340. The van der Waals surface area contributed by atoms with E-state index < -0.39 is 9.84 Å². The van der Waals surface area contributed by atoms with Crippen molar-refractivity contribution in [1.29, 1.82) is 0 Å². The van der Waals surface area contributed by atoms with Gasteiger partial charge in [-0.25, -0.2) is 8.42 Å². The van der Waals surface area contributed by atoms with Gasteiger partial charge in [0.15, 0.2) is 0 Å². The Morgan fingerprint density at radius 2 is 1.42 bits per heavy atom. The number of oxazole rings is 1. The summed E-state index contributed by atoms with van der Waals surface area (Å²) in [5.41, 5.74) is 2.78. The number of aryl methyl sites for hydroxylation is 1. The molecule has 0 unspecified atom stereocenters. The van der Waals surface area contributed by atoms with Crippen LogP contribution in [0.25, 0.3) is 11.5 Å². The van der Waals surface area contributed by atoms with Gasteiger partial charge < -0.3 is 14.2 Å². The quantitative estimate of drug-likeness (QED) is 0.427. The Morgan fingerprint density at radius 3 is 2.09 bits per heavy atom. The monoisotopic (exact) mass is 459 g/mol. The minimum atomic E-state index is -3.85. The zero-order chi connectivity index (χ0) is 22.8. The highest BCUT2D eigenvalue weighted by Gasteiger charge is 2.33. The molecule has 0 spiro atoms. The summed E-state index contributed by atoms with van der Waals surface area (Å²) in [6.45, 7) is 4.66. The molecule has 2 heterocycles. The van der Waals surface area contributed by atoms with E-state index in [0.717, 1.165) is 29.9 Å². The fraction of sp³-hybridized carbons (Fsp3) is 0.192. The predicted molar refractivity (Wildman–Crippen MR) is 129 cm³/mol. The summed E-state index contributed by atoms with van der Waals surface area (Å²) in [4.78, 5) is 9.00. The second kappa shape index (κ2) is 8.75. The van der Waals surface area contributed by atoms with Crippen LogP contribution in [0.15, 0.2) is 99.3 Å². The summed E-state index contributed by atoms with van der Waals surface area (Å²) in [6.07, 6.45) is 0. The topological polar surface area (TPSA) is 66.7 Å². The molecule has 0 bridgehead atoms. The van der Waals surface area contributed by atoms with Gasteiger partial charge in [0.2, 0.25) is 26.6 Å². The van der Waals surface area contributed by atoms with Crippen LogP contribution < -0.4 is 9.80 Å². The van der Waals surface area contributed by atoms with Crippen molar-refractivity contribution in [3.8, 4) is 11.5 Å². The van der Waals surface area contributed by atoms with E-state index in [9.17, 15) is 8.42 Å². The highest BCUT2D eigenvalue weighted by molar-refractivity contribution is 7.91. The van der Waals surface area contributed by atoms with E-state index in [1.54, 1.807) is 18.2 Å². The summed E-state index contributed by atoms with van der Waals surface area (Å²) in [7, 11) is -3.85. The summed E-state index contributed by atoms with van der Waals surface area (Å²) < 4.78 is 33.4. The van der Waals surface area contributed by atoms with Gasteiger partial charge in [0.1, 0.15) is 0 Å². The molecule has 1 saturated heterocycles. The van der Waals surface area contributed by atoms with Gasteiger partial charge in [-0.1, -0.05) is 48.5 Å². The van der Waals surface area contributed by atoms with Gasteiger partial charge in [-0.15, -0.1) is 0 Å². The van der Waals surface area contributed by atoms with Crippen molar-refractivity contribution in [2.24, 2.45) is 0 Å². The molecule has 0 radical (unpaired) electrons. The first-order valence-electron chi connectivity index (χ1n) is 11.0. The van der Waals surface area contributed by atoms with E-state index >= 15 is 0 Å². The maximum absolute atomic E-state index is 13.6.